The summed E-state index contributed by atoms with van der Waals surface area (Å²) in [5, 5.41) is 2.31. The average Bonchev–Trinajstić information content (AvgIpc) is 2.41. The topological polar surface area (TPSA) is 58.6 Å². The summed E-state index contributed by atoms with van der Waals surface area (Å²) in [7, 11) is 2.09. The van der Waals surface area contributed by atoms with Crippen LogP contribution in [0.5, 0.6) is 5.75 Å². The quantitative estimate of drug-likeness (QED) is 0.813. The number of likely N-dealkylation sites (N-methyl/N-ethyl adjacent to an activating group) is 1. The Morgan fingerprint density at radius 1 is 1.25 bits per heavy atom. The number of nitrogens with one attached hydrogen (secondary N) is 1. The molecule has 1 fully saturated rings. The lowest BCUT2D eigenvalue weighted by Crippen LogP contribution is -2.46. The molecule has 0 radical (unpaired) electrons. The summed E-state index contributed by atoms with van der Waals surface area (Å²) >= 11 is 0. The van der Waals surface area contributed by atoms with Gasteiger partial charge in [-0.05, 0) is 36.7 Å². The van der Waals surface area contributed by atoms with Crippen molar-refractivity contribution in [2.45, 2.75) is 31.9 Å². The van der Waals surface area contributed by atoms with Crippen LogP contribution in [0.2, 0.25) is 0 Å². The van der Waals surface area contributed by atoms with E-state index in [1.165, 1.54) is 11.1 Å². The van der Waals surface area contributed by atoms with Crippen LogP contribution in [0.25, 0.3) is 0 Å². The molecule has 2 heterocycles. The highest BCUT2D eigenvalue weighted by Crippen LogP contribution is 2.24. The Morgan fingerprint density at radius 2 is 2.10 bits per heavy atom. The molecule has 5 heteroatoms. The van der Waals surface area contributed by atoms with Crippen molar-refractivity contribution in [1.29, 1.82) is 0 Å². The molecule has 0 saturated carbocycles. The zero-order valence-corrected chi connectivity index (χ0v) is 11.5. The van der Waals surface area contributed by atoms with Crippen LogP contribution in [0.3, 0.4) is 0 Å². The van der Waals surface area contributed by atoms with Crippen LogP contribution in [0.1, 0.15) is 24.0 Å². The molecule has 1 atom stereocenters. The van der Waals surface area contributed by atoms with Gasteiger partial charge in [-0.25, -0.2) is 0 Å². The van der Waals surface area contributed by atoms with Gasteiger partial charge in [0, 0.05) is 25.9 Å². The van der Waals surface area contributed by atoms with E-state index in [1.807, 2.05) is 12.1 Å². The third kappa shape index (κ3) is 2.67. The minimum atomic E-state index is -0.563. The summed E-state index contributed by atoms with van der Waals surface area (Å²) in [5.74, 6) is 0.145. The highest BCUT2D eigenvalue weighted by molar-refractivity contribution is 5.99. The lowest BCUT2D eigenvalue weighted by Gasteiger charge is -2.26. The summed E-state index contributed by atoms with van der Waals surface area (Å²) in [4.78, 5) is 25.1. The number of hydrogen-bond acceptors (Lipinski definition) is 4. The van der Waals surface area contributed by atoms with E-state index in [0.717, 1.165) is 19.5 Å². The second kappa shape index (κ2) is 5.25. The number of rotatable bonds is 2. The van der Waals surface area contributed by atoms with Gasteiger partial charge in [-0.15, -0.1) is 0 Å². The van der Waals surface area contributed by atoms with Crippen LogP contribution in [0, 0.1) is 0 Å². The van der Waals surface area contributed by atoms with Crippen molar-refractivity contribution in [3.63, 3.8) is 0 Å². The molecule has 1 saturated heterocycles. The normalized spacial score (nSPS) is 23.1. The van der Waals surface area contributed by atoms with Gasteiger partial charge >= 0.3 is 0 Å². The molecule has 0 bridgehead atoms. The summed E-state index contributed by atoms with van der Waals surface area (Å²) in [6.07, 6.45) is 1.27. The first-order valence-electron chi connectivity index (χ1n) is 6.92. The fourth-order valence-corrected chi connectivity index (χ4v) is 2.70. The highest BCUT2D eigenvalue weighted by atomic mass is 16.5. The molecule has 1 unspecified atom stereocenters. The molecule has 3 rings (SSSR count). The van der Waals surface area contributed by atoms with Gasteiger partial charge in [0.05, 0.1) is 0 Å². The second-order valence-electron chi connectivity index (χ2n) is 5.48. The maximum atomic E-state index is 11.7. The number of carbonyl (C=O) groups excluding carboxylic acids is 2. The summed E-state index contributed by atoms with van der Waals surface area (Å²) in [6, 6.07) is 5.99. The lowest BCUT2D eigenvalue weighted by atomic mass is 10.00. The SMILES string of the molecule is CN1CCc2ccc(OC3CCC(=O)NC3=O)cc2C1. The fourth-order valence-electron chi connectivity index (χ4n) is 2.70. The Hall–Kier alpha value is -1.88. The van der Waals surface area contributed by atoms with Gasteiger partial charge in [-0.1, -0.05) is 6.07 Å². The predicted molar refractivity (Wildman–Crippen MR) is 73.3 cm³/mol. The van der Waals surface area contributed by atoms with Gasteiger partial charge in [0.1, 0.15) is 5.75 Å². The van der Waals surface area contributed by atoms with E-state index in [2.05, 4.69) is 23.3 Å². The van der Waals surface area contributed by atoms with Gasteiger partial charge in [0.25, 0.3) is 5.91 Å². The van der Waals surface area contributed by atoms with E-state index < -0.39 is 6.10 Å². The Balaban J connectivity index is 1.73. The van der Waals surface area contributed by atoms with Crippen LogP contribution >= 0.6 is 0 Å². The molecule has 5 nitrogen and oxygen atoms in total. The minimum Gasteiger partial charge on any atom is -0.481 e. The molecule has 1 N–H and O–H groups in total. The van der Waals surface area contributed by atoms with Crippen molar-refractivity contribution in [2.75, 3.05) is 13.6 Å². The zero-order valence-electron chi connectivity index (χ0n) is 11.5. The van der Waals surface area contributed by atoms with Crippen LogP contribution in [0.15, 0.2) is 18.2 Å². The molecule has 0 spiro atoms. The van der Waals surface area contributed by atoms with Gasteiger partial charge < -0.3 is 9.64 Å². The third-order valence-electron chi connectivity index (χ3n) is 3.85. The molecule has 1 aromatic rings. The monoisotopic (exact) mass is 274 g/mol. The maximum Gasteiger partial charge on any atom is 0.267 e. The highest BCUT2D eigenvalue weighted by Gasteiger charge is 2.28. The molecule has 0 aromatic heterocycles. The number of benzene rings is 1. The molecule has 1 aromatic carbocycles. The number of amides is 2. The van der Waals surface area contributed by atoms with E-state index in [4.69, 9.17) is 4.74 Å². The fraction of sp³-hybridized carbons (Fsp3) is 0.467. The smallest absolute Gasteiger partial charge is 0.267 e. The standard InChI is InChI=1S/C15H18N2O3/c1-17-7-6-10-2-3-12(8-11(10)9-17)20-13-4-5-14(18)16-15(13)19/h2-3,8,13H,4-7,9H2,1H3,(H,16,18,19). The van der Waals surface area contributed by atoms with Crippen LogP contribution < -0.4 is 10.1 Å². The van der Waals surface area contributed by atoms with Crippen molar-refractivity contribution in [1.82, 2.24) is 10.2 Å². The van der Waals surface area contributed by atoms with Gasteiger partial charge in [0.2, 0.25) is 5.91 Å². The van der Waals surface area contributed by atoms with Crippen molar-refractivity contribution in [2.24, 2.45) is 0 Å². The Kier molecular flexibility index (Phi) is 3.44. The third-order valence-corrected chi connectivity index (χ3v) is 3.85. The molecule has 106 valence electrons. The van der Waals surface area contributed by atoms with E-state index in [1.54, 1.807) is 0 Å². The molecule has 2 aliphatic heterocycles. The first-order valence-corrected chi connectivity index (χ1v) is 6.92. The number of fused-ring (bicyclic) bond motifs is 1. The Labute approximate surface area is 117 Å². The molecular weight excluding hydrogens is 256 g/mol. The van der Waals surface area contributed by atoms with Gasteiger partial charge in [-0.3, -0.25) is 14.9 Å². The van der Waals surface area contributed by atoms with E-state index in [-0.39, 0.29) is 11.8 Å². The molecule has 20 heavy (non-hydrogen) atoms. The molecule has 2 amide bonds. The van der Waals surface area contributed by atoms with Crippen molar-refractivity contribution in [3.05, 3.63) is 29.3 Å². The number of piperidine rings is 1. The largest absolute Gasteiger partial charge is 0.481 e. The molecular formula is C15H18N2O3. The summed E-state index contributed by atoms with van der Waals surface area (Å²) < 4.78 is 5.73. The Morgan fingerprint density at radius 3 is 2.90 bits per heavy atom. The van der Waals surface area contributed by atoms with Crippen molar-refractivity contribution < 1.29 is 14.3 Å². The first-order chi connectivity index (χ1) is 9.61. The van der Waals surface area contributed by atoms with Crippen LogP contribution in [-0.2, 0) is 22.6 Å². The minimum absolute atomic E-state index is 0.220. The average molecular weight is 274 g/mol. The van der Waals surface area contributed by atoms with Crippen LogP contribution in [0.4, 0.5) is 0 Å². The van der Waals surface area contributed by atoms with E-state index in [0.29, 0.717) is 18.6 Å². The number of imide groups is 1. The van der Waals surface area contributed by atoms with Crippen LogP contribution in [-0.4, -0.2) is 36.4 Å². The number of hydrogen-bond donors (Lipinski definition) is 1. The first kappa shape index (κ1) is 13.1. The molecule has 0 aliphatic carbocycles. The van der Waals surface area contributed by atoms with Crippen molar-refractivity contribution >= 4 is 11.8 Å². The number of ether oxygens (including phenoxy) is 1. The second-order valence-corrected chi connectivity index (χ2v) is 5.48. The maximum absolute atomic E-state index is 11.7. The number of nitrogens with zero attached hydrogens (tertiary/aromatic N) is 1. The van der Waals surface area contributed by atoms with Gasteiger partial charge in [0.15, 0.2) is 6.10 Å². The van der Waals surface area contributed by atoms with Gasteiger partial charge in [-0.2, -0.15) is 0 Å². The number of carbonyl (C=O) groups is 2. The lowest BCUT2D eigenvalue weighted by molar-refractivity contribution is -0.138. The van der Waals surface area contributed by atoms with E-state index in [9.17, 15) is 9.59 Å². The summed E-state index contributed by atoms with van der Waals surface area (Å²) in [5.41, 5.74) is 2.60. The zero-order chi connectivity index (χ0) is 14.1. The van der Waals surface area contributed by atoms with E-state index >= 15 is 0 Å². The summed E-state index contributed by atoms with van der Waals surface area (Å²) in [6.45, 7) is 1.97. The van der Waals surface area contributed by atoms with Crippen molar-refractivity contribution in [3.8, 4) is 5.75 Å². The Bertz CT molecular complexity index is 556. The predicted octanol–water partition coefficient (Wildman–Crippen LogP) is 0.858. The molecule has 2 aliphatic rings.